The molecule has 0 unspecified atom stereocenters. The number of carboxylic acid groups (broad SMARTS) is 1. The molecule has 0 aliphatic rings. The van der Waals surface area contributed by atoms with Gasteiger partial charge in [0.05, 0.1) is 5.56 Å². The number of halogens is 6. The maximum atomic E-state index is 13.3. The van der Waals surface area contributed by atoms with Crippen LogP contribution in [-0.2, 0) is 5.92 Å². The predicted octanol–water partition coefficient (Wildman–Crippen LogP) is 3.44. The zero-order chi connectivity index (χ0) is 14.2. The molecule has 1 N–H and O–H groups in total. The Morgan fingerprint density at radius 3 is 1.89 bits per heavy atom. The van der Waals surface area contributed by atoms with Gasteiger partial charge >= 0.3 is 5.97 Å². The molecule has 0 aromatic heterocycles. The number of hydrogen-bond donors (Lipinski definition) is 1. The van der Waals surface area contributed by atoms with E-state index in [0.717, 1.165) is 6.92 Å². The lowest BCUT2D eigenvalue weighted by Crippen LogP contribution is -2.23. The van der Waals surface area contributed by atoms with Gasteiger partial charge in [0.2, 0.25) is 0 Å². The average Bonchev–Trinajstić information content (AvgIpc) is 2.29. The molecule has 0 fully saturated rings. The van der Waals surface area contributed by atoms with Crippen LogP contribution in [0, 0.1) is 23.3 Å². The summed E-state index contributed by atoms with van der Waals surface area (Å²) >= 11 is 0. The topological polar surface area (TPSA) is 37.3 Å². The van der Waals surface area contributed by atoms with Crippen LogP contribution in [0.4, 0.5) is 26.3 Å². The second-order valence-corrected chi connectivity index (χ2v) is 3.37. The zero-order valence-electron chi connectivity index (χ0n) is 8.83. The first kappa shape index (κ1) is 14.3. The second kappa shape index (κ2) is 4.51. The normalized spacial score (nSPS) is 11.7. The molecule has 100 valence electrons. The highest BCUT2D eigenvalue weighted by Crippen LogP contribution is 2.38. The lowest BCUT2D eigenvalue weighted by Gasteiger charge is -2.18. The maximum absolute atomic E-state index is 13.3. The summed E-state index contributed by atoms with van der Waals surface area (Å²) in [6.07, 6.45) is -1.10. The van der Waals surface area contributed by atoms with Crippen LogP contribution in [0.25, 0.3) is 0 Å². The van der Waals surface area contributed by atoms with Gasteiger partial charge in [-0.2, -0.15) is 0 Å². The molecule has 0 radical (unpaired) electrons. The number of rotatable bonds is 3. The summed E-state index contributed by atoms with van der Waals surface area (Å²) in [5, 5.41) is 8.52. The van der Waals surface area contributed by atoms with E-state index in [-0.39, 0.29) is 0 Å². The van der Waals surface area contributed by atoms with Gasteiger partial charge in [-0.25, -0.2) is 31.1 Å². The fourth-order valence-electron chi connectivity index (χ4n) is 1.35. The summed E-state index contributed by atoms with van der Waals surface area (Å²) in [6.45, 7) is 0.851. The Bertz CT molecular complexity index is 512. The molecule has 1 aromatic rings. The SMILES string of the molecule is CCC(F)(F)c1c(F)c(F)c(F)c(F)c1C(=O)O. The Morgan fingerprint density at radius 1 is 1.06 bits per heavy atom. The fourth-order valence-corrected chi connectivity index (χ4v) is 1.35. The summed E-state index contributed by atoms with van der Waals surface area (Å²) in [5.41, 5.74) is -3.90. The Balaban J connectivity index is 3.84. The molecule has 1 rings (SSSR count). The number of aromatic carboxylic acids is 1. The Labute approximate surface area is 96.8 Å². The minimum Gasteiger partial charge on any atom is -0.478 e. The second-order valence-electron chi connectivity index (χ2n) is 3.37. The zero-order valence-corrected chi connectivity index (χ0v) is 8.83. The molecule has 0 atom stereocenters. The van der Waals surface area contributed by atoms with E-state index in [0.29, 0.717) is 0 Å². The third-order valence-corrected chi connectivity index (χ3v) is 2.29. The molecule has 0 heterocycles. The van der Waals surface area contributed by atoms with Crippen LogP contribution in [-0.4, -0.2) is 11.1 Å². The summed E-state index contributed by atoms with van der Waals surface area (Å²) in [5.74, 6) is -16.1. The van der Waals surface area contributed by atoms with Gasteiger partial charge in [-0.05, 0) is 0 Å². The quantitative estimate of drug-likeness (QED) is 0.520. The van der Waals surface area contributed by atoms with E-state index in [1.807, 2.05) is 0 Å². The standard InChI is InChI=1S/C10H6F6O2/c1-2-10(15,16)4-3(9(17)18)5(11)7(13)8(14)6(4)12/h2H2,1H3,(H,17,18). The van der Waals surface area contributed by atoms with Gasteiger partial charge in [0.1, 0.15) is 5.56 Å². The molecular weight excluding hydrogens is 266 g/mol. The molecule has 0 saturated carbocycles. The molecule has 18 heavy (non-hydrogen) atoms. The first-order valence-electron chi connectivity index (χ1n) is 4.62. The fraction of sp³-hybridized carbons (Fsp3) is 0.300. The Kier molecular flexibility index (Phi) is 3.59. The van der Waals surface area contributed by atoms with Gasteiger partial charge in [0.25, 0.3) is 5.92 Å². The van der Waals surface area contributed by atoms with E-state index in [1.165, 1.54) is 0 Å². The van der Waals surface area contributed by atoms with E-state index in [1.54, 1.807) is 0 Å². The number of hydrogen-bond acceptors (Lipinski definition) is 1. The smallest absolute Gasteiger partial charge is 0.339 e. The molecule has 1 aromatic carbocycles. The number of benzene rings is 1. The van der Waals surface area contributed by atoms with Crippen LogP contribution in [0.1, 0.15) is 29.3 Å². The van der Waals surface area contributed by atoms with Gasteiger partial charge in [-0.1, -0.05) is 6.92 Å². The Hall–Kier alpha value is -1.73. The lowest BCUT2D eigenvalue weighted by atomic mass is 9.97. The van der Waals surface area contributed by atoms with Crippen molar-refractivity contribution in [1.82, 2.24) is 0 Å². The van der Waals surface area contributed by atoms with Crippen LogP contribution in [0.2, 0.25) is 0 Å². The predicted molar refractivity (Wildman–Crippen MR) is 47.4 cm³/mol. The van der Waals surface area contributed by atoms with Crippen LogP contribution in [0.3, 0.4) is 0 Å². The van der Waals surface area contributed by atoms with E-state index in [2.05, 4.69) is 0 Å². The van der Waals surface area contributed by atoms with Crippen molar-refractivity contribution in [3.05, 3.63) is 34.4 Å². The van der Waals surface area contributed by atoms with Crippen LogP contribution < -0.4 is 0 Å². The highest BCUT2D eigenvalue weighted by Gasteiger charge is 2.42. The molecule has 0 spiro atoms. The summed E-state index contributed by atoms with van der Waals surface area (Å²) in [4.78, 5) is 10.6. The molecule has 0 saturated heterocycles. The van der Waals surface area contributed by atoms with Gasteiger partial charge in [0, 0.05) is 6.42 Å². The van der Waals surface area contributed by atoms with Crippen LogP contribution in [0.15, 0.2) is 0 Å². The van der Waals surface area contributed by atoms with E-state index in [9.17, 15) is 31.1 Å². The van der Waals surface area contributed by atoms with E-state index in [4.69, 9.17) is 5.11 Å². The molecule has 0 aliphatic heterocycles. The highest BCUT2D eigenvalue weighted by atomic mass is 19.3. The van der Waals surface area contributed by atoms with Crippen LogP contribution >= 0.6 is 0 Å². The molecule has 2 nitrogen and oxygen atoms in total. The number of carbonyl (C=O) groups is 1. The molecule has 0 bridgehead atoms. The first-order chi connectivity index (χ1) is 8.15. The van der Waals surface area contributed by atoms with Gasteiger partial charge in [-0.15, -0.1) is 0 Å². The van der Waals surface area contributed by atoms with Crippen LogP contribution in [0.5, 0.6) is 0 Å². The molecule has 0 aliphatic carbocycles. The number of carboxylic acids is 1. The molecule has 0 amide bonds. The van der Waals surface area contributed by atoms with Crippen molar-refractivity contribution in [3.63, 3.8) is 0 Å². The minimum atomic E-state index is -4.13. The van der Waals surface area contributed by atoms with Gasteiger partial charge in [0.15, 0.2) is 23.3 Å². The van der Waals surface area contributed by atoms with Crippen molar-refractivity contribution in [2.24, 2.45) is 0 Å². The summed E-state index contributed by atoms with van der Waals surface area (Å²) < 4.78 is 78.6. The van der Waals surface area contributed by atoms with Crippen molar-refractivity contribution in [2.45, 2.75) is 19.3 Å². The third kappa shape index (κ3) is 2.02. The van der Waals surface area contributed by atoms with Crippen molar-refractivity contribution >= 4 is 5.97 Å². The van der Waals surface area contributed by atoms with E-state index >= 15 is 0 Å². The van der Waals surface area contributed by atoms with Crippen molar-refractivity contribution in [3.8, 4) is 0 Å². The largest absolute Gasteiger partial charge is 0.478 e. The first-order valence-corrected chi connectivity index (χ1v) is 4.62. The number of alkyl halides is 2. The molecule has 8 heteroatoms. The highest BCUT2D eigenvalue weighted by molar-refractivity contribution is 5.90. The maximum Gasteiger partial charge on any atom is 0.339 e. The lowest BCUT2D eigenvalue weighted by molar-refractivity contribution is -0.0145. The average molecular weight is 272 g/mol. The minimum absolute atomic E-state index is 0.851. The third-order valence-electron chi connectivity index (χ3n) is 2.29. The summed E-state index contributed by atoms with van der Waals surface area (Å²) in [7, 11) is 0. The van der Waals surface area contributed by atoms with Crippen molar-refractivity contribution in [2.75, 3.05) is 0 Å². The monoisotopic (exact) mass is 272 g/mol. The molecular formula is C10H6F6O2. The van der Waals surface area contributed by atoms with Crippen molar-refractivity contribution < 1.29 is 36.2 Å². The van der Waals surface area contributed by atoms with Gasteiger partial charge < -0.3 is 5.11 Å². The van der Waals surface area contributed by atoms with E-state index < -0.39 is 52.7 Å². The summed E-state index contributed by atoms with van der Waals surface area (Å²) in [6, 6.07) is 0. The Morgan fingerprint density at radius 2 is 1.50 bits per heavy atom. The van der Waals surface area contributed by atoms with Crippen molar-refractivity contribution in [1.29, 1.82) is 0 Å². The van der Waals surface area contributed by atoms with Gasteiger partial charge in [-0.3, -0.25) is 0 Å².